The number of aromatic nitrogens is 4. The SMILES string of the molecule is CC(c1ccc(-c2ccnc(C(=O)Nc3cccc(-c4nncn4C4CC4)c3)c2)cc1)S(=O)[O-]. The Kier molecular flexibility index (Phi) is 6.04. The van der Waals surface area contributed by atoms with Gasteiger partial charge in [-0.05, 0) is 71.8 Å². The van der Waals surface area contributed by atoms with Gasteiger partial charge >= 0.3 is 0 Å². The van der Waals surface area contributed by atoms with Crippen LogP contribution < -0.4 is 5.32 Å². The molecule has 1 fully saturated rings. The summed E-state index contributed by atoms with van der Waals surface area (Å²) in [4.78, 5) is 17.2. The largest absolute Gasteiger partial charge is 0.772 e. The topological polar surface area (TPSA) is 113 Å². The van der Waals surface area contributed by atoms with Crippen molar-refractivity contribution in [2.45, 2.75) is 31.1 Å². The summed E-state index contributed by atoms with van der Waals surface area (Å²) in [5.41, 5.74) is 4.20. The van der Waals surface area contributed by atoms with E-state index in [4.69, 9.17) is 0 Å². The molecule has 34 heavy (non-hydrogen) atoms. The molecule has 1 aliphatic carbocycles. The van der Waals surface area contributed by atoms with Gasteiger partial charge in [0.05, 0.1) is 0 Å². The van der Waals surface area contributed by atoms with E-state index in [-0.39, 0.29) is 11.6 Å². The Morgan fingerprint density at radius 1 is 1.09 bits per heavy atom. The van der Waals surface area contributed by atoms with Gasteiger partial charge in [0.15, 0.2) is 5.82 Å². The summed E-state index contributed by atoms with van der Waals surface area (Å²) in [5, 5.41) is 10.6. The smallest absolute Gasteiger partial charge is 0.274 e. The minimum absolute atomic E-state index is 0.280. The number of nitrogens with one attached hydrogen (secondary N) is 1. The van der Waals surface area contributed by atoms with E-state index in [0.717, 1.165) is 35.4 Å². The molecule has 2 aromatic carbocycles. The van der Waals surface area contributed by atoms with Crippen LogP contribution in [0.15, 0.2) is 73.2 Å². The van der Waals surface area contributed by atoms with Crippen LogP contribution >= 0.6 is 0 Å². The van der Waals surface area contributed by atoms with Gasteiger partial charge in [0.25, 0.3) is 5.91 Å². The zero-order valence-electron chi connectivity index (χ0n) is 18.4. The molecule has 0 bridgehead atoms. The number of rotatable bonds is 7. The maximum Gasteiger partial charge on any atom is 0.274 e. The van der Waals surface area contributed by atoms with Crippen molar-refractivity contribution in [1.29, 1.82) is 0 Å². The number of benzene rings is 2. The average molecular weight is 473 g/mol. The highest BCUT2D eigenvalue weighted by Gasteiger charge is 2.26. The molecular weight excluding hydrogens is 450 g/mol. The molecule has 0 radical (unpaired) electrons. The molecule has 9 heteroatoms. The predicted octanol–water partition coefficient (Wildman–Crippen LogP) is 4.53. The van der Waals surface area contributed by atoms with Crippen LogP contribution in [-0.4, -0.2) is 34.4 Å². The summed E-state index contributed by atoms with van der Waals surface area (Å²) in [6.45, 7) is 1.64. The molecule has 8 nitrogen and oxygen atoms in total. The van der Waals surface area contributed by atoms with E-state index < -0.39 is 16.3 Å². The summed E-state index contributed by atoms with van der Waals surface area (Å²) in [5.74, 6) is 0.465. The van der Waals surface area contributed by atoms with Gasteiger partial charge < -0.3 is 14.4 Å². The first-order chi connectivity index (χ1) is 16.5. The molecule has 2 unspecified atom stereocenters. The first kappa shape index (κ1) is 22.1. The van der Waals surface area contributed by atoms with Crippen LogP contribution in [-0.2, 0) is 11.1 Å². The molecule has 1 aliphatic rings. The molecule has 4 aromatic rings. The fourth-order valence-electron chi connectivity index (χ4n) is 3.79. The third kappa shape index (κ3) is 4.66. The normalized spacial score (nSPS) is 15.0. The van der Waals surface area contributed by atoms with Crippen LogP contribution in [0.3, 0.4) is 0 Å². The van der Waals surface area contributed by atoms with E-state index in [1.165, 1.54) is 0 Å². The number of amides is 1. The summed E-state index contributed by atoms with van der Waals surface area (Å²) in [7, 11) is 0. The molecule has 0 aliphatic heterocycles. The number of nitrogens with zero attached hydrogens (tertiary/aromatic N) is 4. The van der Waals surface area contributed by atoms with Crippen LogP contribution in [0.2, 0.25) is 0 Å². The summed E-state index contributed by atoms with van der Waals surface area (Å²) < 4.78 is 24.5. The van der Waals surface area contributed by atoms with Crippen LogP contribution in [0.25, 0.3) is 22.5 Å². The summed E-state index contributed by atoms with van der Waals surface area (Å²) >= 11 is -2.18. The van der Waals surface area contributed by atoms with E-state index in [0.29, 0.717) is 17.3 Å². The summed E-state index contributed by atoms with van der Waals surface area (Å²) in [6.07, 6.45) is 5.59. The highest BCUT2D eigenvalue weighted by Crippen LogP contribution is 2.37. The molecule has 1 amide bonds. The van der Waals surface area contributed by atoms with Gasteiger partial charge in [0, 0.05) is 28.7 Å². The van der Waals surface area contributed by atoms with Gasteiger partial charge in [-0.1, -0.05) is 36.4 Å². The van der Waals surface area contributed by atoms with Crippen LogP contribution in [0.5, 0.6) is 0 Å². The quantitative estimate of drug-likeness (QED) is 0.395. The van der Waals surface area contributed by atoms with Crippen molar-refractivity contribution in [1.82, 2.24) is 19.7 Å². The number of carbonyl (C=O) groups is 1. The Morgan fingerprint density at radius 2 is 1.88 bits per heavy atom. The molecular formula is C25H22N5O3S-. The standard InChI is InChI=1S/C25H23N5O3S/c1-16(34(32)33)17-5-7-18(8-6-17)19-11-12-26-23(14-19)25(31)28-21-4-2-3-20(13-21)24-29-27-15-30(24)22-9-10-22/h2-8,11-16,22H,9-10H2,1H3,(H,28,31)(H,32,33)/p-1. The van der Waals surface area contributed by atoms with Crippen molar-refractivity contribution in [3.8, 4) is 22.5 Å². The third-order valence-electron chi connectivity index (χ3n) is 5.89. The minimum Gasteiger partial charge on any atom is -0.772 e. The van der Waals surface area contributed by atoms with Gasteiger partial charge in [-0.2, -0.15) is 0 Å². The molecule has 2 aromatic heterocycles. The molecule has 1 saturated carbocycles. The maximum absolute atomic E-state index is 12.9. The van der Waals surface area contributed by atoms with E-state index in [2.05, 4.69) is 25.1 Å². The third-order valence-corrected chi connectivity index (χ3v) is 6.74. The van der Waals surface area contributed by atoms with Crippen LogP contribution in [0, 0.1) is 0 Å². The Hall–Kier alpha value is -3.69. The van der Waals surface area contributed by atoms with Crippen molar-refractivity contribution in [3.05, 3.63) is 84.4 Å². The van der Waals surface area contributed by atoms with E-state index >= 15 is 0 Å². The lowest BCUT2D eigenvalue weighted by Gasteiger charge is -2.15. The highest BCUT2D eigenvalue weighted by molar-refractivity contribution is 7.79. The fraction of sp³-hybridized carbons (Fsp3) is 0.200. The zero-order chi connectivity index (χ0) is 23.7. The van der Waals surface area contributed by atoms with Crippen LogP contribution in [0.1, 0.15) is 47.1 Å². The molecule has 5 rings (SSSR count). The van der Waals surface area contributed by atoms with Crippen molar-refractivity contribution in [3.63, 3.8) is 0 Å². The monoisotopic (exact) mass is 472 g/mol. The Labute approximate surface area is 199 Å². The second-order valence-corrected chi connectivity index (χ2v) is 9.51. The number of carbonyl (C=O) groups excluding carboxylic acids is 1. The Balaban J connectivity index is 1.34. The second-order valence-electron chi connectivity index (χ2n) is 8.28. The molecule has 172 valence electrons. The number of hydrogen-bond acceptors (Lipinski definition) is 6. The highest BCUT2D eigenvalue weighted by atomic mass is 32.2. The van der Waals surface area contributed by atoms with Crippen molar-refractivity contribution in [2.75, 3.05) is 5.32 Å². The first-order valence-corrected chi connectivity index (χ1v) is 12.1. The Morgan fingerprint density at radius 3 is 2.62 bits per heavy atom. The number of pyridine rings is 1. The van der Waals surface area contributed by atoms with Gasteiger partial charge in [0.2, 0.25) is 0 Å². The lowest BCUT2D eigenvalue weighted by Crippen LogP contribution is -2.13. The van der Waals surface area contributed by atoms with Gasteiger partial charge in [-0.25, -0.2) is 0 Å². The Bertz CT molecular complexity index is 1360. The second kappa shape index (κ2) is 9.28. The van der Waals surface area contributed by atoms with Crippen molar-refractivity contribution < 1.29 is 13.6 Å². The van der Waals surface area contributed by atoms with Gasteiger partial charge in [0.1, 0.15) is 12.0 Å². The lowest BCUT2D eigenvalue weighted by atomic mass is 10.0. The molecule has 0 saturated heterocycles. The lowest BCUT2D eigenvalue weighted by molar-refractivity contribution is 0.102. The van der Waals surface area contributed by atoms with Crippen LogP contribution in [0.4, 0.5) is 5.69 Å². The molecule has 0 spiro atoms. The van der Waals surface area contributed by atoms with E-state index in [9.17, 15) is 13.6 Å². The fourth-order valence-corrected chi connectivity index (χ4v) is 4.17. The molecule has 2 atom stereocenters. The maximum atomic E-state index is 12.9. The zero-order valence-corrected chi connectivity index (χ0v) is 19.2. The predicted molar refractivity (Wildman–Crippen MR) is 129 cm³/mol. The molecule has 2 heterocycles. The van der Waals surface area contributed by atoms with Crippen molar-refractivity contribution >= 4 is 22.7 Å². The van der Waals surface area contributed by atoms with Crippen molar-refractivity contribution in [2.24, 2.45) is 0 Å². The minimum atomic E-state index is -2.18. The van der Waals surface area contributed by atoms with E-state index in [1.54, 1.807) is 37.6 Å². The summed E-state index contributed by atoms with van der Waals surface area (Å²) in [6, 6.07) is 18.7. The first-order valence-electron chi connectivity index (χ1n) is 11.0. The van der Waals surface area contributed by atoms with E-state index in [1.807, 2.05) is 42.5 Å². The average Bonchev–Trinajstić information content (AvgIpc) is 3.59. The van der Waals surface area contributed by atoms with Gasteiger partial charge in [-0.15, -0.1) is 10.2 Å². The molecule has 1 N–H and O–H groups in total. The number of anilines is 1. The number of hydrogen-bond donors (Lipinski definition) is 1. The van der Waals surface area contributed by atoms with Gasteiger partial charge in [-0.3, -0.25) is 14.0 Å².